The maximum atomic E-state index is 11.2. The fraction of sp³-hybridized carbons (Fsp3) is 0.643. The Labute approximate surface area is 112 Å². The molecule has 0 saturated carbocycles. The molecule has 19 heavy (non-hydrogen) atoms. The Hall–Kier alpha value is -1.65. The summed E-state index contributed by atoms with van der Waals surface area (Å²) in [4.78, 5) is 15.6. The van der Waals surface area contributed by atoms with E-state index in [2.05, 4.69) is 24.0 Å². The van der Waals surface area contributed by atoms with E-state index in [1.165, 1.54) is 0 Å². The van der Waals surface area contributed by atoms with E-state index < -0.39 is 11.9 Å². The van der Waals surface area contributed by atoms with E-state index in [1.807, 2.05) is 12.2 Å². The van der Waals surface area contributed by atoms with Gasteiger partial charge in [-0.3, -0.25) is 4.79 Å². The molecule has 0 saturated heterocycles. The zero-order chi connectivity index (χ0) is 13.8. The summed E-state index contributed by atoms with van der Waals surface area (Å²) in [6.45, 7) is 4.29. The minimum absolute atomic E-state index is 0.192. The number of aromatic nitrogens is 2. The molecule has 104 valence electrons. The van der Waals surface area contributed by atoms with Gasteiger partial charge < -0.3 is 9.63 Å². The van der Waals surface area contributed by atoms with Crippen molar-refractivity contribution in [1.82, 2.24) is 10.1 Å². The zero-order valence-electron chi connectivity index (χ0n) is 11.4. The number of carboxylic acid groups (broad SMARTS) is 1. The van der Waals surface area contributed by atoms with E-state index in [0.717, 1.165) is 12.8 Å². The Balaban J connectivity index is 2.08. The van der Waals surface area contributed by atoms with Crippen molar-refractivity contribution in [2.75, 3.05) is 0 Å². The van der Waals surface area contributed by atoms with Crippen LogP contribution in [0.15, 0.2) is 16.7 Å². The molecule has 1 aliphatic carbocycles. The van der Waals surface area contributed by atoms with Crippen molar-refractivity contribution in [1.29, 1.82) is 0 Å². The zero-order valence-corrected chi connectivity index (χ0v) is 11.4. The number of hydrogen-bond acceptors (Lipinski definition) is 4. The first-order valence-electron chi connectivity index (χ1n) is 6.78. The highest BCUT2D eigenvalue weighted by atomic mass is 16.5. The topological polar surface area (TPSA) is 76.2 Å². The third-order valence-corrected chi connectivity index (χ3v) is 3.50. The third kappa shape index (κ3) is 3.43. The summed E-state index contributed by atoms with van der Waals surface area (Å²) in [6, 6.07) is 0. The number of allylic oxidation sites excluding steroid dienone is 2. The predicted molar refractivity (Wildman–Crippen MR) is 69.7 cm³/mol. The molecule has 0 bridgehead atoms. The second-order valence-electron chi connectivity index (χ2n) is 5.48. The van der Waals surface area contributed by atoms with Crippen LogP contribution in [-0.4, -0.2) is 21.2 Å². The lowest BCUT2D eigenvalue weighted by Gasteiger charge is -2.21. The van der Waals surface area contributed by atoms with Crippen LogP contribution in [0.1, 0.15) is 50.7 Å². The largest absolute Gasteiger partial charge is 0.481 e. The lowest BCUT2D eigenvalue weighted by Crippen LogP contribution is -2.23. The summed E-state index contributed by atoms with van der Waals surface area (Å²) in [5, 5.41) is 13.2. The van der Waals surface area contributed by atoms with Gasteiger partial charge in [-0.15, -0.1) is 0 Å². The molecule has 0 amide bonds. The molecule has 0 radical (unpaired) electrons. The van der Waals surface area contributed by atoms with Crippen molar-refractivity contribution in [3.8, 4) is 0 Å². The van der Waals surface area contributed by atoms with Gasteiger partial charge in [-0.1, -0.05) is 31.2 Å². The average molecular weight is 264 g/mol. The van der Waals surface area contributed by atoms with Crippen molar-refractivity contribution in [2.45, 2.75) is 45.4 Å². The molecule has 0 spiro atoms. The summed E-state index contributed by atoms with van der Waals surface area (Å²) in [7, 11) is 0. The van der Waals surface area contributed by atoms with Crippen LogP contribution in [0.4, 0.5) is 0 Å². The maximum absolute atomic E-state index is 11.2. The average Bonchev–Trinajstić information content (AvgIpc) is 2.85. The van der Waals surface area contributed by atoms with Gasteiger partial charge in [0.2, 0.25) is 5.89 Å². The van der Waals surface area contributed by atoms with Gasteiger partial charge in [-0.25, -0.2) is 0 Å². The lowest BCUT2D eigenvalue weighted by atomic mass is 9.83. The highest BCUT2D eigenvalue weighted by molar-refractivity contribution is 5.71. The van der Waals surface area contributed by atoms with Crippen LogP contribution in [0.2, 0.25) is 0 Å². The third-order valence-electron chi connectivity index (χ3n) is 3.50. The standard InChI is InChI=1S/C14H20N2O3/c1-9(2)7-8-12-15-13(19-16-12)10-5-3-4-6-11(10)14(17)18/h3-4,9-11H,5-8H2,1-2H3,(H,17,18). The number of aryl methyl sites for hydroxylation is 1. The van der Waals surface area contributed by atoms with Crippen molar-refractivity contribution < 1.29 is 14.4 Å². The van der Waals surface area contributed by atoms with Crippen molar-refractivity contribution in [3.63, 3.8) is 0 Å². The summed E-state index contributed by atoms with van der Waals surface area (Å²) in [5.41, 5.74) is 0. The molecule has 1 aromatic heterocycles. The summed E-state index contributed by atoms with van der Waals surface area (Å²) in [6.07, 6.45) is 6.87. The Morgan fingerprint density at radius 1 is 1.47 bits per heavy atom. The fourth-order valence-corrected chi connectivity index (χ4v) is 2.30. The molecule has 2 unspecified atom stereocenters. The smallest absolute Gasteiger partial charge is 0.307 e. The van der Waals surface area contributed by atoms with Gasteiger partial charge in [0.25, 0.3) is 0 Å². The van der Waals surface area contributed by atoms with E-state index in [9.17, 15) is 9.90 Å². The van der Waals surface area contributed by atoms with E-state index >= 15 is 0 Å². The molecule has 0 aromatic carbocycles. The van der Waals surface area contributed by atoms with Crippen LogP contribution >= 0.6 is 0 Å². The van der Waals surface area contributed by atoms with Gasteiger partial charge in [0.05, 0.1) is 11.8 Å². The van der Waals surface area contributed by atoms with Gasteiger partial charge in [-0.2, -0.15) is 4.98 Å². The van der Waals surface area contributed by atoms with E-state index in [4.69, 9.17) is 4.52 Å². The molecule has 5 nitrogen and oxygen atoms in total. The molecular formula is C14H20N2O3. The minimum Gasteiger partial charge on any atom is -0.481 e. The lowest BCUT2D eigenvalue weighted by molar-refractivity contribution is -0.142. The molecule has 0 aliphatic heterocycles. The van der Waals surface area contributed by atoms with Crippen LogP contribution in [-0.2, 0) is 11.2 Å². The SMILES string of the molecule is CC(C)CCc1noc(C2CC=CCC2C(=O)O)n1. The van der Waals surface area contributed by atoms with Crippen LogP contribution < -0.4 is 0 Å². The molecule has 2 rings (SSSR count). The normalized spacial score (nSPS) is 22.9. The van der Waals surface area contributed by atoms with Crippen molar-refractivity contribution in [2.24, 2.45) is 11.8 Å². The van der Waals surface area contributed by atoms with Gasteiger partial charge in [-0.05, 0) is 25.2 Å². The Morgan fingerprint density at radius 2 is 2.21 bits per heavy atom. The first-order valence-corrected chi connectivity index (χ1v) is 6.78. The van der Waals surface area contributed by atoms with Crippen molar-refractivity contribution in [3.05, 3.63) is 23.9 Å². The molecule has 5 heteroatoms. The second-order valence-corrected chi connectivity index (χ2v) is 5.48. The Kier molecular flexibility index (Phi) is 4.35. The molecule has 1 aliphatic rings. The summed E-state index contributed by atoms with van der Waals surface area (Å²) >= 11 is 0. The van der Waals surface area contributed by atoms with Gasteiger partial charge in [0, 0.05) is 6.42 Å². The van der Waals surface area contributed by atoms with E-state index in [-0.39, 0.29) is 5.92 Å². The summed E-state index contributed by atoms with van der Waals surface area (Å²) < 4.78 is 5.26. The summed E-state index contributed by atoms with van der Waals surface area (Å²) in [5.74, 6) is 0.298. The minimum atomic E-state index is -0.795. The first kappa shape index (κ1) is 13.8. The van der Waals surface area contributed by atoms with Gasteiger partial charge >= 0.3 is 5.97 Å². The predicted octanol–water partition coefficient (Wildman–Crippen LogP) is 2.79. The molecule has 2 atom stereocenters. The molecule has 0 fully saturated rings. The quantitative estimate of drug-likeness (QED) is 0.827. The number of carboxylic acids is 1. The molecular weight excluding hydrogens is 244 g/mol. The monoisotopic (exact) mass is 264 g/mol. The van der Waals surface area contributed by atoms with Crippen molar-refractivity contribution >= 4 is 5.97 Å². The van der Waals surface area contributed by atoms with E-state index in [1.54, 1.807) is 0 Å². The maximum Gasteiger partial charge on any atom is 0.307 e. The first-order chi connectivity index (χ1) is 9.08. The second kappa shape index (κ2) is 5.99. The number of hydrogen-bond donors (Lipinski definition) is 1. The van der Waals surface area contributed by atoms with Gasteiger partial charge in [0.15, 0.2) is 5.82 Å². The van der Waals surface area contributed by atoms with Crippen LogP contribution in [0.5, 0.6) is 0 Å². The molecule has 1 N–H and O–H groups in total. The molecule has 1 heterocycles. The Morgan fingerprint density at radius 3 is 2.89 bits per heavy atom. The highest BCUT2D eigenvalue weighted by Crippen LogP contribution is 2.33. The highest BCUT2D eigenvalue weighted by Gasteiger charge is 2.33. The number of nitrogens with zero attached hydrogens (tertiary/aromatic N) is 2. The van der Waals surface area contributed by atoms with Crippen LogP contribution in [0, 0.1) is 11.8 Å². The molecule has 1 aromatic rings. The fourth-order valence-electron chi connectivity index (χ4n) is 2.30. The number of carbonyl (C=O) groups is 1. The van der Waals surface area contributed by atoms with Crippen LogP contribution in [0.3, 0.4) is 0 Å². The number of rotatable bonds is 5. The van der Waals surface area contributed by atoms with Crippen LogP contribution in [0.25, 0.3) is 0 Å². The van der Waals surface area contributed by atoms with Gasteiger partial charge in [0.1, 0.15) is 0 Å². The number of aliphatic carboxylic acids is 1. The van der Waals surface area contributed by atoms with E-state index in [0.29, 0.717) is 30.5 Å². The Bertz CT molecular complexity index is 465.